The number of aromatic nitrogens is 5. The first-order valence-electron chi connectivity index (χ1n) is 20.4. The normalized spacial score (nSPS) is 12.5. The minimum atomic E-state index is -4.56. The van der Waals surface area contributed by atoms with Crippen molar-refractivity contribution in [3.05, 3.63) is 169 Å². The van der Waals surface area contributed by atoms with Crippen LogP contribution >= 0.6 is 0 Å². The summed E-state index contributed by atoms with van der Waals surface area (Å²) in [4.78, 5) is 15.1. The molecule has 0 N–H and O–H groups in total. The number of furan rings is 1. The summed E-state index contributed by atoms with van der Waals surface area (Å²) in [6, 6.07) is 50.6. The Hall–Kier alpha value is -6.96. The van der Waals surface area contributed by atoms with Crippen molar-refractivity contribution in [2.24, 2.45) is 0 Å². The van der Waals surface area contributed by atoms with Crippen LogP contribution in [0.1, 0.15) is 31.9 Å². The van der Waals surface area contributed by atoms with Crippen LogP contribution in [0.5, 0.6) is 0 Å². The first-order chi connectivity index (χ1) is 30.0. The van der Waals surface area contributed by atoms with E-state index in [4.69, 9.17) is 14.4 Å². The molecule has 12 aromatic rings. The van der Waals surface area contributed by atoms with Crippen LogP contribution in [-0.4, -0.2) is 19.1 Å². The maximum Gasteiger partial charge on any atom is 2.00 e. The van der Waals surface area contributed by atoms with Gasteiger partial charge < -0.3 is 14.0 Å². The molecular formula is C53H34F3N5OPt. The summed E-state index contributed by atoms with van der Waals surface area (Å²) in [6.45, 7) is 6.62. The minimum absolute atomic E-state index is 0. The van der Waals surface area contributed by atoms with E-state index in [-0.39, 0.29) is 32.3 Å². The zero-order valence-electron chi connectivity index (χ0n) is 34.0. The molecule has 0 aliphatic heterocycles. The molecule has 12 rings (SSSR count). The molecule has 10 heteroatoms. The second-order valence-corrected chi connectivity index (χ2v) is 16.9. The predicted octanol–water partition coefficient (Wildman–Crippen LogP) is 14.1. The van der Waals surface area contributed by atoms with Crippen molar-refractivity contribution >= 4 is 76.6 Å². The number of para-hydroxylation sites is 4. The number of halogens is 3. The number of rotatable bonds is 4. The zero-order valence-corrected chi connectivity index (χ0v) is 36.3. The molecule has 0 unspecified atom stereocenters. The predicted molar refractivity (Wildman–Crippen MR) is 242 cm³/mol. The Kier molecular flexibility index (Phi) is 8.67. The van der Waals surface area contributed by atoms with Gasteiger partial charge in [0.05, 0.1) is 16.6 Å². The molecule has 0 fully saturated rings. The van der Waals surface area contributed by atoms with Gasteiger partial charge in [-0.1, -0.05) is 117 Å². The van der Waals surface area contributed by atoms with Crippen molar-refractivity contribution in [3.63, 3.8) is 0 Å². The number of alkyl halides is 3. The third kappa shape index (κ3) is 6.05. The quantitative estimate of drug-likeness (QED) is 0.165. The van der Waals surface area contributed by atoms with E-state index < -0.39 is 11.7 Å². The molecule has 0 saturated carbocycles. The molecule has 0 bridgehead atoms. The summed E-state index contributed by atoms with van der Waals surface area (Å²) in [5.41, 5.74) is 9.69. The van der Waals surface area contributed by atoms with E-state index in [1.807, 2.05) is 72.8 Å². The number of fused-ring (bicyclic) bond motifs is 10. The van der Waals surface area contributed by atoms with Crippen LogP contribution in [-0.2, 0) is 32.7 Å². The molecule has 0 radical (unpaired) electrons. The Balaban J connectivity index is 0.00000444. The van der Waals surface area contributed by atoms with E-state index in [0.29, 0.717) is 16.6 Å². The Morgan fingerprint density at radius 3 is 2.21 bits per heavy atom. The van der Waals surface area contributed by atoms with Crippen LogP contribution in [0.4, 0.5) is 13.2 Å². The second kappa shape index (κ2) is 14.0. The van der Waals surface area contributed by atoms with Crippen LogP contribution in [0.15, 0.2) is 156 Å². The number of nitrogens with zero attached hydrogens (tertiary/aromatic N) is 5. The maximum atomic E-state index is 14.2. The monoisotopic (exact) mass is 1010 g/mol. The average molecular weight is 1010 g/mol. The molecule has 0 saturated heterocycles. The van der Waals surface area contributed by atoms with E-state index in [0.717, 1.165) is 100 Å². The molecule has 0 aliphatic rings. The first-order valence-corrected chi connectivity index (χ1v) is 20.4. The largest absolute Gasteiger partial charge is 2.00 e. The van der Waals surface area contributed by atoms with Crippen molar-refractivity contribution in [2.75, 3.05) is 0 Å². The van der Waals surface area contributed by atoms with Gasteiger partial charge in [0.15, 0.2) is 0 Å². The van der Waals surface area contributed by atoms with Crippen molar-refractivity contribution in [3.8, 4) is 34.0 Å². The third-order valence-corrected chi connectivity index (χ3v) is 12.1. The number of hydrogen-bond donors (Lipinski definition) is 0. The van der Waals surface area contributed by atoms with Gasteiger partial charge in [-0.2, -0.15) is 13.2 Å². The van der Waals surface area contributed by atoms with E-state index in [1.54, 1.807) is 4.57 Å². The SMILES string of the molecule is CC(C)(C)c1cccc(-n2c(-c3cccc4c3[n-]c3ccccc34)nc3c(-c4[c-]c5c(cc4)c4cc6c(cc4n5-c4cc(C(F)(F)F)ccn4)oc4ccccc46)cccc32)c1.[Pt+2]. The minimum Gasteiger partial charge on any atom is -0.656 e. The van der Waals surface area contributed by atoms with Crippen LogP contribution < -0.4 is 4.98 Å². The number of benzene rings is 7. The van der Waals surface area contributed by atoms with E-state index >= 15 is 0 Å². The van der Waals surface area contributed by atoms with E-state index in [1.165, 1.54) is 11.8 Å². The third-order valence-electron chi connectivity index (χ3n) is 12.1. The molecule has 0 aliphatic carbocycles. The Bertz CT molecular complexity index is 3810. The number of imidazole rings is 1. The summed E-state index contributed by atoms with van der Waals surface area (Å²) < 4.78 is 52.9. The van der Waals surface area contributed by atoms with Crippen molar-refractivity contribution in [1.29, 1.82) is 0 Å². The van der Waals surface area contributed by atoms with Gasteiger partial charge in [0.2, 0.25) is 0 Å². The Labute approximate surface area is 372 Å². The van der Waals surface area contributed by atoms with Gasteiger partial charge in [-0.25, -0.2) is 9.97 Å². The van der Waals surface area contributed by atoms with Crippen LogP contribution in [0.25, 0.3) is 111 Å². The molecular weight excluding hydrogens is 975 g/mol. The standard InChI is InChI=1S/C53H34F3N5O.Pt/c1-52(2,3)31-11-8-12-33(26-31)60-43-19-10-15-34(50(43)59-51(60)39-17-9-16-38-35-13-4-6-18-42(35)58-49(38)39)30-21-22-36-40-28-41-37-14-5-7-20-46(37)62-47(41)29-45(40)61(44(36)25-30)48-27-32(23-24-57-48)53(54,55)56;/h4-24,26-29H,1-3H3;/q-2;+2. The molecule has 5 aromatic heterocycles. The Morgan fingerprint density at radius 1 is 0.603 bits per heavy atom. The Morgan fingerprint density at radius 2 is 1.37 bits per heavy atom. The van der Waals surface area contributed by atoms with Crippen LogP contribution in [0, 0.1) is 6.07 Å². The molecule has 6 nitrogen and oxygen atoms in total. The summed E-state index contributed by atoms with van der Waals surface area (Å²) in [7, 11) is 0. The van der Waals surface area contributed by atoms with Gasteiger partial charge in [0.1, 0.15) is 22.8 Å². The smallest absolute Gasteiger partial charge is 0.656 e. The molecule has 0 spiro atoms. The van der Waals surface area contributed by atoms with Gasteiger partial charge in [-0.3, -0.25) is 4.57 Å². The van der Waals surface area contributed by atoms with E-state index in [9.17, 15) is 13.2 Å². The molecule has 7 aromatic carbocycles. The van der Waals surface area contributed by atoms with Crippen molar-refractivity contribution in [2.45, 2.75) is 32.4 Å². The van der Waals surface area contributed by atoms with Crippen LogP contribution in [0.3, 0.4) is 0 Å². The maximum absolute atomic E-state index is 14.2. The van der Waals surface area contributed by atoms with E-state index in [2.05, 4.69) is 97.1 Å². The fourth-order valence-corrected chi connectivity index (χ4v) is 9.12. The fraction of sp³-hybridized carbons (Fsp3) is 0.0943. The zero-order chi connectivity index (χ0) is 42.1. The number of hydrogen-bond acceptors (Lipinski definition) is 3. The summed E-state index contributed by atoms with van der Waals surface area (Å²) >= 11 is 0. The summed E-state index contributed by atoms with van der Waals surface area (Å²) in [5.74, 6) is 0.861. The van der Waals surface area contributed by atoms with Gasteiger partial charge in [-0.05, 0) is 75.1 Å². The molecule has 63 heavy (non-hydrogen) atoms. The first kappa shape index (κ1) is 38.9. The van der Waals surface area contributed by atoms with Gasteiger partial charge in [0, 0.05) is 39.8 Å². The molecule has 308 valence electrons. The van der Waals surface area contributed by atoms with Gasteiger partial charge >= 0.3 is 27.2 Å². The molecule has 0 atom stereocenters. The average Bonchev–Trinajstić information content (AvgIpc) is 4.03. The van der Waals surface area contributed by atoms with Gasteiger partial charge in [-0.15, -0.1) is 34.8 Å². The summed E-state index contributed by atoms with van der Waals surface area (Å²) in [5, 5.41) is 5.65. The number of pyridine rings is 1. The van der Waals surface area contributed by atoms with Crippen LogP contribution in [0.2, 0.25) is 0 Å². The van der Waals surface area contributed by atoms with Gasteiger partial charge in [0.25, 0.3) is 0 Å². The van der Waals surface area contributed by atoms with Crippen molar-refractivity contribution in [1.82, 2.24) is 24.1 Å². The molecule has 5 heterocycles. The summed E-state index contributed by atoms with van der Waals surface area (Å²) in [6.07, 6.45) is -3.36. The second-order valence-electron chi connectivity index (χ2n) is 16.9. The topological polar surface area (TPSA) is 62.9 Å². The van der Waals surface area contributed by atoms with Crippen molar-refractivity contribution < 1.29 is 38.7 Å². The molecule has 0 amide bonds. The fourth-order valence-electron chi connectivity index (χ4n) is 9.12.